The predicted molar refractivity (Wildman–Crippen MR) is 99.1 cm³/mol. The Morgan fingerprint density at radius 1 is 1.07 bits per heavy atom. The van der Waals surface area contributed by atoms with Crippen LogP contribution in [0.3, 0.4) is 0 Å². The third-order valence-electron chi connectivity index (χ3n) is 3.30. The molecule has 8 heteroatoms. The Kier molecular flexibility index (Phi) is 5.79. The zero-order valence-corrected chi connectivity index (χ0v) is 15.4. The minimum atomic E-state index is -0.823. The highest BCUT2D eigenvalue weighted by Gasteiger charge is 2.21. The Morgan fingerprint density at radius 2 is 1.70 bits per heavy atom. The molecular formula is C19H20N2O6. The van der Waals surface area contributed by atoms with Gasteiger partial charge in [0, 0.05) is 12.1 Å². The van der Waals surface area contributed by atoms with E-state index in [0.717, 1.165) is 11.6 Å². The van der Waals surface area contributed by atoms with Gasteiger partial charge in [0.05, 0.1) is 16.2 Å². The Balaban J connectivity index is 2.28. The van der Waals surface area contributed by atoms with Gasteiger partial charge >= 0.3 is 12.1 Å². The molecule has 0 spiro atoms. The number of hydrogen-bond acceptors (Lipinski definition) is 6. The monoisotopic (exact) mass is 372 g/mol. The number of aryl methyl sites for hydroxylation is 1. The normalized spacial score (nSPS) is 10.8. The first-order valence-electron chi connectivity index (χ1n) is 8.12. The average molecular weight is 372 g/mol. The molecule has 8 nitrogen and oxygen atoms in total. The maximum Gasteiger partial charge on any atom is 0.412 e. The second kappa shape index (κ2) is 7.86. The molecule has 0 heterocycles. The van der Waals surface area contributed by atoms with Crippen molar-refractivity contribution < 1.29 is 24.0 Å². The van der Waals surface area contributed by atoms with Crippen LogP contribution in [-0.2, 0) is 4.74 Å². The predicted octanol–water partition coefficient (Wildman–Crippen LogP) is 4.47. The zero-order valence-electron chi connectivity index (χ0n) is 15.4. The van der Waals surface area contributed by atoms with Crippen LogP contribution in [0.5, 0.6) is 5.75 Å². The SMILES string of the molecule is Cc1ccc(C(=O)Oc2ccc([N+](=O)[O-])cc2NC(=O)OC(C)(C)C)cc1. The van der Waals surface area contributed by atoms with Crippen LogP contribution in [-0.4, -0.2) is 22.6 Å². The van der Waals surface area contributed by atoms with Gasteiger partial charge in [-0.3, -0.25) is 15.4 Å². The van der Waals surface area contributed by atoms with Gasteiger partial charge in [0.25, 0.3) is 5.69 Å². The number of ether oxygens (including phenoxy) is 2. The fraction of sp³-hybridized carbons (Fsp3) is 0.263. The molecule has 1 amide bonds. The van der Waals surface area contributed by atoms with Gasteiger partial charge in [-0.1, -0.05) is 17.7 Å². The summed E-state index contributed by atoms with van der Waals surface area (Å²) < 4.78 is 10.4. The highest BCUT2D eigenvalue weighted by molar-refractivity contribution is 5.93. The molecule has 0 aliphatic carbocycles. The van der Waals surface area contributed by atoms with Crippen molar-refractivity contribution >= 4 is 23.4 Å². The summed E-state index contributed by atoms with van der Waals surface area (Å²) in [5.74, 6) is -0.687. The molecule has 0 unspecified atom stereocenters. The van der Waals surface area contributed by atoms with Crippen LogP contribution in [0.15, 0.2) is 42.5 Å². The van der Waals surface area contributed by atoms with E-state index in [1.807, 2.05) is 6.92 Å². The van der Waals surface area contributed by atoms with E-state index >= 15 is 0 Å². The largest absolute Gasteiger partial charge is 0.444 e. The van der Waals surface area contributed by atoms with E-state index in [0.29, 0.717) is 5.56 Å². The molecule has 0 bridgehead atoms. The zero-order chi connectivity index (χ0) is 20.2. The topological polar surface area (TPSA) is 108 Å². The number of amides is 1. The maximum atomic E-state index is 12.3. The van der Waals surface area contributed by atoms with Crippen molar-refractivity contribution in [2.24, 2.45) is 0 Å². The van der Waals surface area contributed by atoms with Crippen molar-refractivity contribution in [3.8, 4) is 5.75 Å². The second-order valence-electron chi connectivity index (χ2n) is 6.82. The molecule has 0 atom stereocenters. The van der Waals surface area contributed by atoms with Crippen molar-refractivity contribution in [2.75, 3.05) is 5.32 Å². The molecule has 0 radical (unpaired) electrons. The van der Waals surface area contributed by atoms with Crippen LogP contribution in [0.2, 0.25) is 0 Å². The van der Waals surface area contributed by atoms with Crippen molar-refractivity contribution in [1.29, 1.82) is 0 Å². The molecule has 2 rings (SSSR count). The molecule has 0 saturated carbocycles. The van der Waals surface area contributed by atoms with Crippen LogP contribution < -0.4 is 10.1 Å². The average Bonchev–Trinajstić information content (AvgIpc) is 2.55. The van der Waals surface area contributed by atoms with Crippen LogP contribution in [0.1, 0.15) is 36.7 Å². The van der Waals surface area contributed by atoms with Crippen LogP contribution in [0.25, 0.3) is 0 Å². The fourth-order valence-corrected chi connectivity index (χ4v) is 2.08. The summed E-state index contributed by atoms with van der Waals surface area (Å²) in [4.78, 5) is 34.7. The summed E-state index contributed by atoms with van der Waals surface area (Å²) in [6.45, 7) is 6.92. The quantitative estimate of drug-likeness (QED) is 0.367. The van der Waals surface area contributed by atoms with E-state index in [9.17, 15) is 19.7 Å². The van der Waals surface area contributed by atoms with E-state index in [2.05, 4.69) is 5.32 Å². The number of rotatable bonds is 4. The summed E-state index contributed by atoms with van der Waals surface area (Å²) >= 11 is 0. The molecular weight excluding hydrogens is 352 g/mol. The first-order valence-corrected chi connectivity index (χ1v) is 8.12. The number of esters is 1. The molecule has 2 aromatic carbocycles. The first-order chi connectivity index (χ1) is 12.5. The van der Waals surface area contributed by atoms with Crippen LogP contribution in [0.4, 0.5) is 16.2 Å². The third kappa shape index (κ3) is 5.81. The van der Waals surface area contributed by atoms with E-state index in [-0.39, 0.29) is 17.1 Å². The molecule has 27 heavy (non-hydrogen) atoms. The summed E-state index contributed by atoms with van der Waals surface area (Å²) in [5.41, 5.74) is 0.218. The van der Waals surface area contributed by atoms with Crippen molar-refractivity contribution in [2.45, 2.75) is 33.3 Å². The number of benzene rings is 2. The fourth-order valence-electron chi connectivity index (χ4n) is 2.08. The second-order valence-corrected chi connectivity index (χ2v) is 6.82. The lowest BCUT2D eigenvalue weighted by Crippen LogP contribution is -2.27. The van der Waals surface area contributed by atoms with E-state index in [1.165, 1.54) is 12.1 Å². The number of hydrogen-bond donors (Lipinski definition) is 1. The summed E-state index contributed by atoms with van der Waals surface area (Å²) in [7, 11) is 0. The number of carbonyl (C=O) groups excluding carboxylic acids is 2. The van der Waals surface area contributed by atoms with Crippen LogP contribution in [0, 0.1) is 17.0 Å². The van der Waals surface area contributed by atoms with Gasteiger partial charge in [-0.05, 0) is 45.9 Å². The van der Waals surface area contributed by atoms with Gasteiger partial charge in [0.1, 0.15) is 5.60 Å². The number of nitro benzene ring substituents is 1. The van der Waals surface area contributed by atoms with Gasteiger partial charge in [-0.2, -0.15) is 0 Å². The number of non-ortho nitro benzene ring substituents is 1. The Bertz CT molecular complexity index is 869. The Morgan fingerprint density at radius 3 is 2.26 bits per heavy atom. The lowest BCUT2D eigenvalue weighted by atomic mass is 10.1. The Labute approximate surface area is 156 Å². The molecule has 0 aliphatic rings. The van der Waals surface area contributed by atoms with Crippen molar-refractivity contribution in [3.05, 3.63) is 63.7 Å². The molecule has 142 valence electrons. The lowest BCUT2D eigenvalue weighted by molar-refractivity contribution is -0.384. The van der Waals surface area contributed by atoms with Gasteiger partial charge < -0.3 is 9.47 Å². The minimum Gasteiger partial charge on any atom is -0.444 e. The highest BCUT2D eigenvalue weighted by atomic mass is 16.6. The van der Waals surface area contributed by atoms with Crippen LogP contribution >= 0.6 is 0 Å². The molecule has 0 fully saturated rings. The van der Waals surface area contributed by atoms with Crippen molar-refractivity contribution in [1.82, 2.24) is 0 Å². The minimum absolute atomic E-state index is 0.0305. The Hall–Kier alpha value is -3.42. The number of nitrogens with one attached hydrogen (secondary N) is 1. The smallest absolute Gasteiger partial charge is 0.412 e. The third-order valence-corrected chi connectivity index (χ3v) is 3.30. The summed E-state index contributed by atoms with van der Waals surface area (Å²) in [6, 6.07) is 10.2. The first kappa shape index (κ1) is 19.9. The molecule has 0 saturated heterocycles. The van der Waals surface area contributed by atoms with Gasteiger partial charge in [-0.15, -0.1) is 0 Å². The van der Waals surface area contributed by atoms with Gasteiger partial charge in [0.2, 0.25) is 0 Å². The van der Waals surface area contributed by atoms with E-state index < -0.39 is 22.6 Å². The molecule has 0 aromatic heterocycles. The highest BCUT2D eigenvalue weighted by Crippen LogP contribution is 2.30. The van der Waals surface area contributed by atoms with Gasteiger partial charge in [-0.25, -0.2) is 9.59 Å². The molecule has 2 aromatic rings. The molecule has 0 aliphatic heterocycles. The standard InChI is InChI=1S/C19H20N2O6/c1-12-5-7-13(8-6-12)17(22)26-16-10-9-14(21(24)25)11-15(16)20-18(23)27-19(2,3)4/h5-11H,1-4H3,(H,20,23). The number of nitrogens with zero attached hydrogens (tertiary/aromatic N) is 1. The number of anilines is 1. The van der Waals surface area contributed by atoms with E-state index in [4.69, 9.17) is 9.47 Å². The lowest BCUT2D eigenvalue weighted by Gasteiger charge is -2.20. The number of nitro groups is 1. The summed E-state index contributed by atoms with van der Waals surface area (Å²) in [5, 5.41) is 13.4. The van der Waals surface area contributed by atoms with Crippen molar-refractivity contribution in [3.63, 3.8) is 0 Å². The maximum absolute atomic E-state index is 12.3. The van der Waals surface area contributed by atoms with Gasteiger partial charge in [0.15, 0.2) is 5.75 Å². The van der Waals surface area contributed by atoms with E-state index in [1.54, 1.807) is 45.0 Å². The number of carbonyl (C=O) groups is 2. The molecule has 1 N–H and O–H groups in total. The summed E-state index contributed by atoms with van der Waals surface area (Å²) in [6.07, 6.45) is -0.823.